The molecule has 6 atom stereocenters. The highest BCUT2D eigenvalue weighted by molar-refractivity contribution is 7.36. The monoisotopic (exact) mass is 543 g/mol. The number of ether oxygens (including phenoxy) is 2. The van der Waals surface area contributed by atoms with Gasteiger partial charge in [-0.15, -0.1) is 0 Å². The predicted octanol–water partition coefficient (Wildman–Crippen LogP) is 1.87. The second kappa shape index (κ2) is 11.7. The minimum absolute atomic E-state index is 0.263. The second-order valence-corrected chi connectivity index (χ2v) is 10.3. The van der Waals surface area contributed by atoms with Gasteiger partial charge in [0, 0.05) is 12.3 Å². The first-order valence-corrected chi connectivity index (χ1v) is 12.8. The zero-order valence-corrected chi connectivity index (χ0v) is 22.0. The van der Waals surface area contributed by atoms with Gasteiger partial charge in [0.15, 0.2) is 11.9 Å². The van der Waals surface area contributed by atoms with E-state index < -0.39 is 68.3 Å². The van der Waals surface area contributed by atoms with E-state index in [1.807, 2.05) is 11.9 Å². The molecule has 0 aliphatic carbocycles. The van der Waals surface area contributed by atoms with Crippen LogP contribution in [0, 0.1) is 6.92 Å². The normalized spacial score (nSPS) is 25.3. The van der Waals surface area contributed by atoms with Crippen LogP contribution in [0.25, 0.3) is 0 Å². The standard InChI is InChI=1S/C23H31FN3O9P/c1-13(2)34-20(30)15(4)27(37(32)36-16-8-6-14(3)7-9-16)33-12-17-19(29)23(5,24)21(35-17)26-11-10-18(28)25-22(26)31/h6-11,13,15,17,19,21,29,37H,12H2,1-5H3,(H,25,28,31)/t15?,17-,19-,21-,23-/m1/s1. The molecule has 2 aromatic rings. The van der Waals surface area contributed by atoms with Gasteiger partial charge in [-0.1, -0.05) is 22.5 Å². The lowest BCUT2D eigenvalue weighted by molar-refractivity contribution is -0.183. The summed E-state index contributed by atoms with van der Waals surface area (Å²) in [6, 6.07) is 6.49. The van der Waals surface area contributed by atoms with E-state index in [0.29, 0.717) is 0 Å². The van der Waals surface area contributed by atoms with Crippen LogP contribution in [-0.4, -0.2) is 62.1 Å². The number of nitrogens with one attached hydrogen (secondary N) is 1. The zero-order valence-electron chi connectivity index (χ0n) is 21.0. The van der Waals surface area contributed by atoms with E-state index >= 15 is 4.39 Å². The topological polar surface area (TPSA) is 149 Å². The molecule has 2 unspecified atom stereocenters. The number of benzene rings is 1. The van der Waals surface area contributed by atoms with Crippen molar-refractivity contribution >= 4 is 14.1 Å². The average Bonchev–Trinajstić information content (AvgIpc) is 3.03. The number of alkyl halides is 1. The summed E-state index contributed by atoms with van der Waals surface area (Å²) < 4.78 is 45.6. The van der Waals surface area contributed by atoms with Gasteiger partial charge in [0.1, 0.15) is 24.0 Å². The molecule has 0 spiro atoms. The Balaban J connectivity index is 1.80. The number of nitrogens with zero attached hydrogens (tertiary/aromatic N) is 2. The minimum atomic E-state index is -3.25. The number of hydrogen-bond acceptors (Lipinski definition) is 9. The van der Waals surface area contributed by atoms with Gasteiger partial charge in [-0.25, -0.2) is 9.18 Å². The predicted molar refractivity (Wildman–Crippen MR) is 130 cm³/mol. The second-order valence-electron chi connectivity index (χ2n) is 9.10. The van der Waals surface area contributed by atoms with Crippen molar-refractivity contribution in [3.8, 4) is 5.75 Å². The molecule has 12 nitrogen and oxygen atoms in total. The molecule has 204 valence electrons. The molecule has 0 bridgehead atoms. The van der Waals surface area contributed by atoms with Gasteiger partial charge in [-0.05, 0) is 46.8 Å². The largest absolute Gasteiger partial charge is 0.462 e. The summed E-state index contributed by atoms with van der Waals surface area (Å²) in [5.41, 5.74) is -3.13. The number of carbonyl (C=O) groups excluding carboxylic acids is 1. The third-order valence-electron chi connectivity index (χ3n) is 5.65. The van der Waals surface area contributed by atoms with Crippen LogP contribution in [0.3, 0.4) is 0 Å². The summed E-state index contributed by atoms with van der Waals surface area (Å²) in [7, 11) is -3.25. The van der Waals surface area contributed by atoms with Crippen molar-refractivity contribution in [2.75, 3.05) is 6.61 Å². The number of rotatable bonds is 10. The number of aromatic amines is 1. The Morgan fingerprint density at radius 3 is 2.51 bits per heavy atom. The van der Waals surface area contributed by atoms with Crippen LogP contribution in [0.2, 0.25) is 0 Å². The Labute approximate surface area is 212 Å². The van der Waals surface area contributed by atoms with E-state index in [1.165, 1.54) is 6.92 Å². The quantitative estimate of drug-likeness (QED) is 0.258. The smallest absolute Gasteiger partial charge is 0.331 e. The van der Waals surface area contributed by atoms with Crippen LogP contribution in [0.15, 0.2) is 46.1 Å². The Hall–Kier alpha value is -2.83. The van der Waals surface area contributed by atoms with Crippen LogP contribution in [-0.2, 0) is 23.7 Å². The van der Waals surface area contributed by atoms with E-state index in [1.54, 1.807) is 38.1 Å². The molecular weight excluding hydrogens is 512 g/mol. The summed E-state index contributed by atoms with van der Waals surface area (Å²) in [6.45, 7) is 7.02. The fourth-order valence-corrected chi connectivity index (χ4v) is 4.65. The lowest BCUT2D eigenvalue weighted by Crippen LogP contribution is -2.44. The van der Waals surface area contributed by atoms with Gasteiger partial charge in [0.25, 0.3) is 5.56 Å². The van der Waals surface area contributed by atoms with Gasteiger partial charge in [0.2, 0.25) is 0 Å². The number of aliphatic hydroxyl groups is 1. The van der Waals surface area contributed by atoms with Gasteiger partial charge in [-0.3, -0.25) is 28.5 Å². The molecular formula is C23H31FN3O9P. The van der Waals surface area contributed by atoms with Gasteiger partial charge in [-0.2, -0.15) is 0 Å². The highest BCUT2D eigenvalue weighted by Crippen LogP contribution is 2.41. The van der Waals surface area contributed by atoms with E-state index in [0.717, 1.165) is 34.2 Å². The van der Waals surface area contributed by atoms with Crippen LogP contribution in [0.4, 0.5) is 4.39 Å². The van der Waals surface area contributed by atoms with Crippen molar-refractivity contribution in [3.05, 3.63) is 62.9 Å². The van der Waals surface area contributed by atoms with E-state index in [9.17, 15) is 24.1 Å². The summed E-state index contributed by atoms with van der Waals surface area (Å²) in [5, 5.41) is 10.6. The van der Waals surface area contributed by atoms with Gasteiger partial charge < -0.3 is 19.1 Å². The van der Waals surface area contributed by atoms with Crippen molar-refractivity contribution in [2.45, 2.75) is 70.9 Å². The molecule has 0 saturated carbocycles. The molecule has 1 fully saturated rings. The molecule has 0 radical (unpaired) electrons. The number of halogens is 1. The SMILES string of the molecule is Cc1ccc(O[PH](=O)N(OC[C@H]2O[C@@H](n3ccc(=O)[nH]c3=O)[C@](C)(F)[C@@H]2O)C(C)C(=O)OC(C)C)cc1. The number of esters is 1. The fourth-order valence-electron chi connectivity index (χ4n) is 3.62. The van der Waals surface area contributed by atoms with Crippen molar-refractivity contribution in [1.82, 2.24) is 14.4 Å². The molecule has 2 N–H and O–H groups in total. The number of H-pyrrole nitrogens is 1. The van der Waals surface area contributed by atoms with E-state index in [4.69, 9.17) is 18.8 Å². The molecule has 1 aliphatic rings. The van der Waals surface area contributed by atoms with Crippen LogP contribution in [0.5, 0.6) is 5.75 Å². The maximum Gasteiger partial charge on any atom is 0.331 e. The zero-order chi connectivity index (χ0) is 27.5. The molecule has 1 saturated heterocycles. The lowest BCUT2D eigenvalue weighted by atomic mass is 9.98. The Kier molecular flexibility index (Phi) is 9.09. The van der Waals surface area contributed by atoms with E-state index in [-0.39, 0.29) is 5.75 Å². The Bertz CT molecular complexity index is 1230. The first-order chi connectivity index (χ1) is 17.3. The highest BCUT2D eigenvalue weighted by Gasteiger charge is 2.55. The summed E-state index contributed by atoms with van der Waals surface area (Å²) >= 11 is 0. The van der Waals surface area contributed by atoms with Gasteiger partial charge >= 0.3 is 19.8 Å². The number of aromatic nitrogens is 2. The summed E-state index contributed by atoms with van der Waals surface area (Å²) in [5.74, 6) is -0.486. The van der Waals surface area contributed by atoms with Crippen molar-refractivity contribution in [2.24, 2.45) is 0 Å². The Morgan fingerprint density at radius 2 is 1.92 bits per heavy atom. The van der Waals surface area contributed by atoms with E-state index in [2.05, 4.69) is 0 Å². The maximum absolute atomic E-state index is 15.5. The maximum atomic E-state index is 15.5. The number of hydrogen-bond donors (Lipinski definition) is 2. The molecule has 3 rings (SSSR count). The number of aryl methyl sites for hydroxylation is 1. The van der Waals surface area contributed by atoms with Crippen LogP contribution in [0.1, 0.15) is 39.5 Å². The first-order valence-electron chi connectivity index (χ1n) is 11.6. The lowest BCUT2D eigenvalue weighted by Gasteiger charge is -2.28. The van der Waals surface area contributed by atoms with Crippen molar-refractivity contribution < 1.29 is 37.7 Å². The number of aliphatic hydroxyl groups excluding tert-OH is 1. The number of hydroxylamine groups is 1. The third-order valence-corrected chi connectivity index (χ3v) is 6.94. The molecule has 1 aromatic carbocycles. The molecule has 0 amide bonds. The van der Waals surface area contributed by atoms with Crippen LogP contribution < -0.4 is 15.8 Å². The molecule has 2 heterocycles. The molecule has 1 aromatic heterocycles. The van der Waals surface area contributed by atoms with Crippen molar-refractivity contribution in [3.63, 3.8) is 0 Å². The summed E-state index contributed by atoms with van der Waals surface area (Å²) in [6.07, 6.45) is -4.14. The average molecular weight is 543 g/mol. The number of carbonyl (C=O) groups is 1. The summed E-state index contributed by atoms with van der Waals surface area (Å²) in [4.78, 5) is 44.4. The molecule has 14 heteroatoms. The highest BCUT2D eigenvalue weighted by atomic mass is 31.1. The minimum Gasteiger partial charge on any atom is -0.462 e. The Morgan fingerprint density at radius 1 is 1.27 bits per heavy atom. The van der Waals surface area contributed by atoms with Gasteiger partial charge in [0.05, 0.1) is 12.7 Å². The first kappa shape index (κ1) is 28.7. The van der Waals surface area contributed by atoms with Crippen LogP contribution >= 0.6 is 8.18 Å². The van der Waals surface area contributed by atoms with Crippen molar-refractivity contribution in [1.29, 1.82) is 0 Å². The fraction of sp³-hybridized carbons (Fsp3) is 0.522. The molecule has 37 heavy (non-hydrogen) atoms. The third kappa shape index (κ3) is 6.74. The molecule has 1 aliphatic heterocycles.